The van der Waals surface area contributed by atoms with Crippen LogP contribution in [0.4, 0.5) is 0 Å². The molecule has 18 heavy (non-hydrogen) atoms. The first-order chi connectivity index (χ1) is 8.63. The summed E-state index contributed by atoms with van der Waals surface area (Å²) < 4.78 is 6.33. The van der Waals surface area contributed by atoms with Crippen molar-refractivity contribution in [2.75, 3.05) is 25.6 Å². The summed E-state index contributed by atoms with van der Waals surface area (Å²) in [7, 11) is 0. The number of alkyl halides is 1. The van der Waals surface area contributed by atoms with Crippen molar-refractivity contribution in [3.05, 3.63) is 33.8 Å². The number of hydrogen-bond acceptors (Lipinski definition) is 2. The molecular formula is C13H15BrClNO2. The Morgan fingerprint density at radius 3 is 3.06 bits per heavy atom. The number of amides is 1. The molecule has 5 heteroatoms. The Morgan fingerprint density at radius 1 is 1.61 bits per heavy atom. The van der Waals surface area contributed by atoms with Crippen LogP contribution in [-0.2, 0) is 4.74 Å². The molecule has 1 aliphatic rings. The summed E-state index contributed by atoms with van der Waals surface area (Å²) in [5, 5.41) is 0. The number of carbonyl (C=O) groups is 1. The van der Waals surface area contributed by atoms with Crippen LogP contribution in [0.1, 0.15) is 15.9 Å². The minimum Gasteiger partial charge on any atom is -0.377 e. The van der Waals surface area contributed by atoms with Crippen molar-refractivity contribution in [3.8, 4) is 0 Å². The predicted octanol–water partition coefficient (Wildman–Crippen LogP) is 2.84. The standard InChI is InChI=1S/C13H15BrClNO2/c1-9-6-10(14)2-3-12(9)13(17)16-4-5-18-8-11(16)7-15/h2-3,6,11H,4-5,7-8H2,1H3. The summed E-state index contributed by atoms with van der Waals surface area (Å²) in [4.78, 5) is 14.3. The number of hydrogen-bond donors (Lipinski definition) is 0. The quantitative estimate of drug-likeness (QED) is 0.780. The summed E-state index contributed by atoms with van der Waals surface area (Å²) in [5.74, 6) is 0.440. The van der Waals surface area contributed by atoms with E-state index in [2.05, 4.69) is 15.9 Å². The fraction of sp³-hybridized carbons (Fsp3) is 0.462. The van der Waals surface area contributed by atoms with Gasteiger partial charge < -0.3 is 9.64 Å². The van der Waals surface area contributed by atoms with Crippen molar-refractivity contribution in [2.24, 2.45) is 0 Å². The molecule has 1 saturated heterocycles. The molecule has 0 saturated carbocycles. The predicted molar refractivity (Wildman–Crippen MR) is 75.2 cm³/mol. The third-order valence-electron chi connectivity index (χ3n) is 3.09. The molecule has 1 aromatic carbocycles. The number of nitrogens with zero attached hydrogens (tertiary/aromatic N) is 1. The minimum absolute atomic E-state index is 0.0315. The van der Waals surface area contributed by atoms with E-state index in [1.165, 1.54) is 0 Å². The number of benzene rings is 1. The molecule has 0 N–H and O–H groups in total. The average molecular weight is 333 g/mol. The third-order valence-corrected chi connectivity index (χ3v) is 3.93. The van der Waals surface area contributed by atoms with Crippen LogP contribution in [0.3, 0.4) is 0 Å². The number of rotatable bonds is 2. The van der Waals surface area contributed by atoms with E-state index in [1.54, 1.807) is 0 Å². The lowest BCUT2D eigenvalue weighted by Crippen LogP contribution is -2.49. The van der Waals surface area contributed by atoms with E-state index in [-0.39, 0.29) is 11.9 Å². The van der Waals surface area contributed by atoms with Crippen molar-refractivity contribution in [1.29, 1.82) is 0 Å². The lowest BCUT2D eigenvalue weighted by atomic mass is 10.1. The molecule has 1 unspecified atom stereocenters. The smallest absolute Gasteiger partial charge is 0.254 e. The van der Waals surface area contributed by atoms with Gasteiger partial charge in [-0.25, -0.2) is 0 Å². The zero-order chi connectivity index (χ0) is 13.1. The highest BCUT2D eigenvalue weighted by Gasteiger charge is 2.28. The maximum Gasteiger partial charge on any atom is 0.254 e. The van der Waals surface area contributed by atoms with Crippen LogP contribution < -0.4 is 0 Å². The second-order valence-electron chi connectivity index (χ2n) is 4.34. The normalized spacial score (nSPS) is 19.9. The Kier molecular flexibility index (Phi) is 4.65. The van der Waals surface area contributed by atoms with Crippen molar-refractivity contribution in [1.82, 2.24) is 4.90 Å². The van der Waals surface area contributed by atoms with Gasteiger partial charge in [-0.2, -0.15) is 0 Å². The molecule has 1 aliphatic heterocycles. The fourth-order valence-corrected chi connectivity index (χ4v) is 2.80. The van der Waals surface area contributed by atoms with Gasteiger partial charge in [0.05, 0.1) is 19.3 Å². The van der Waals surface area contributed by atoms with Crippen LogP contribution in [0, 0.1) is 6.92 Å². The van der Waals surface area contributed by atoms with Gasteiger partial charge in [0.25, 0.3) is 5.91 Å². The molecule has 0 spiro atoms. The lowest BCUT2D eigenvalue weighted by Gasteiger charge is -2.34. The van der Waals surface area contributed by atoms with E-state index in [0.717, 1.165) is 15.6 Å². The van der Waals surface area contributed by atoms with E-state index >= 15 is 0 Å². The molecule has 1 aromatic rings. The van der Waals surface area contributed by atoms with E-state index in [4.69, 9.17) is 16.3 Å². The number of morpholine rings is 1. The summed E-state index contributed by atoms with van der Waals surface area (Å²) in [6, 6.07) is 5.65. The maximum absolute atomic E-state index is 12.5. The molecule has 0 bridgehead atoms. The van der Waals surface area contributed by atoms with Crippen molar-refractivity contribution in [2.45, 2.75) is 13.0 Å². The van der Waals surface area contributed by atoms with Crippen LogP contribution >= 0.6 is 27.5 Å². The lowest BCUT2D eigenvalue weighted by molar-refractivity contribution is 0.00452. The van der Waals surface area contributed by atoms with Gasteiger partial charge in [0, 0.05) is 22.5 Å². The Hall–Kier alpha value is -0.580. The summed E-state index contributed by atoms with van der Waals surface area (Å²) in [6.07, 6.45) is 0. The van der Waals surface area contributed by atoms with Crippen LogP contribution in [0.5, 0.6) is 0 Å². The van der Waals surface area contributed by atoms with Crippen LogP contribution in [-0.4, -0.2) is 42.5 Å². The largest absolute Gasteiger partial charge is 0.377 e. The zero-order valence-corrected chi connectivity index (χ0v) is 12.5. The first kappa shape index (κ1) is 13.8. The van der Waals surface area contributed by atoms with E-state index < -0.39 is 0 Å². The Balaban J connectivity index is 2.24. The van der Waals surface area contributed by atoms with Crippen LogP contribution in [0.15, 0.2) is 22.7 Å². The first-order valence-electron chi connectivity index (χ1n) is 5.84. The van der Waals surface area contributed by atoms with Gasteiger partial charge in [0.15, 0.2) is 0 Å². The Bertz CT molecular complexity index is 453. The molecule has 3 nitrogen and oxygen atoms in total. The number of halogens is 2. The second-order valence-corrected chi connectivity index (χ2v) is 5.57. The van der Waals surface area contributed by atoms with Gasteiger partial charge in [-0.15, -0.1) is 11.6 Å². The van der Waals surface area contributed by atoms with Gasteiger partial charge in [0.1, 0.15) is 0 Å². The zero-order valence-electron chi connectivity index (χ0n) is 10.2. The van der Waals surface area contributed by atoms with Crippen molar-refractivity contribution in [3.63, 3.8) is 0 Å². The number of ether oxygens (including phenoxy) is 1. The SMILES string of the molecule is Cc1cc(Br)ccc1C(=O)N1CCOCC1CCl. The first-order valence-corrected chi connectivity index (χ1v) is 7.17. The highest BCUT2D eigenvalue weighted by atomic mass is 79.9. The Labute approximate surface area is 120 Å². The van der Waals surface area contributed by atoms with E-state index in [1.807, 2.05) is 30.0 Å². The molecule has 98 valence electrons. The molecule has 0 radical (unpaired) electrons. The Morgan fingerprint density at radius 2 is 2.39 bits per heavy atom. The fourth-order valence-electron chi connectivity index (χ4n) is 2.07. The van der Waals surface area contributed by atoms with E-state index in [9.17, 15) is 4.79 Å². The molecule has 1 atom stereocenters. The van der Waals surface area contributed by atoms with Crippen LogP contribution in [0.2, 0.25) is 0 Å². The molecule has 1 fully saturated rings. The van der Waals surface area contributed by atoms with Crippen LogP contribution in [0.25, 0.3) is 0 Å². The molecule has 2 rings (SSSR count). The average Bonchev–Trinajstić information content (AvgIpc) is 2.38. The molecule has 1 amide bonds. The summed E-state index contributed by atoms with van der Waals surface area (Å²) >= 11 is 9.29. The van der Waals surface area contributed by atoms with Gasteiger partial charge >= 0.3 is 0 Å². The minimum atomic E-state index is -0.0315. The number of aryl methyl sites for hydroxylation is 1. The van der Waals surface area contributed by atoms with Gasteiger partial charge in [-0.05, 0) is 30.7 Å². The summed E-state index contributed by atoms with van der Waals surface area (Å²) in [6.45, 7) is 3.64. The summed E-state index contributed by atoms with van der Waals surface area (Å²) in [5.41, 5.74) is 1.70. The van der Waals surface area contributed by atoms with Crippen molar-refractivity contribution >= 4 is 33.4 Å². The maximum atomic E-state index is 12.5. The molecule has 0 aliphatic carbocycles. The highest BCUT2D eigenvalue weighted by Crippen LogP contribution is 2.20. The molecule has 1 heterocycles. The number of carbonyl (C=O) groups excluding carboxylic acids is 1. The van der Waals surface area contributed by atoms with Gasteiger partial charge in [0.2, 0.25) is 0 Å². The highest BCUT2D eigenvalue weighted by molar-refractivity contribution is 9.10. The van der Waals surface area contributed by atoms with Gasteiger partial charge in [-0.1, -0.05) is 15.9 Å². The molecule has 0 aromatic heterocycles. The van der Waals surface area contributed by atoms with Crippen molar-refractivity contribution < 1.29 is 9.53 Å². The van der Waals surface area contributed by atoms with E-state index in [0.29, 0.717) is 25.6 Å². The topological polar surface area (TPSA) is 29.5 Å². The monoisotopic (exact) mass is 331 g/mol. The second kappa shape index (κ2) is 6.04. The van der Waals surface area contributed by atoms with Gasteiger partial charge in [-0.3, -0.25) is 4.79 Å². The molecular weight excluding hydrogens is 318 g/mol. The third kappa shape index (κ3) is 2.87.